The third kappa shape index (κ3) is 7.71. The minimum Gasteiger partial charge on any atom is -0.287 e. The van der Waals surface area contributed by atoms with Crippen LogP contribution in [0.5, 0.6) is 0 Å². The molecule has 0 spiro atoms. The molecular weight excluding hydrogens is 959 g/mol. The summed E-state index contributed by atoms with van der Waals surface area (Å²) in [6, 6.07) is 15.7. The second-order valence-corrected chi connectivity index (χ2v) is 13.7. The third-order valence-electron chi connectivity index (χ3n) is 10.2. The van der Waals surface area contributed by atoms with Crippen LogP contribution in [0.1, 0.15) is 10.4 Å². The summed E-state index contributed by atoms with van der Waals surface area (Å²) in [5, 5.41) is 12.4. The molecule has 0 saturated heterocycles. The van der Waals surface area contributed by atoms with Crippen LogP contribution in [0.3, 0.4) is 0 Å². The first-order valence-electron chi connectivity index (χ1n) is 17.7. The van der Waals surface area contributed by atoms with Crippen LogP contribution in [0.15, 0.2) is 67.0 Å². The number of fused-ring (bicyclic) bond motifs is 1. The predicted octanol–water partition coefficient (Wildman–Crippen LogP) is 8.76. The monoisotopic (exact) mass is 972 g/mol. The molecule has 1 aromatic heterocycles. The number of benzene rings is 6. The number of carbonyl (C=O) groups excluding carboxylic acids is 1. The molecule has 0 saturated carbocycles. The molecule has 0 atom stereocenters. The molecule has 26 heteroatoms. The zero-order valence-corrected chi connectivity index (χ0v) is 31.8. The number of nitro benzene ring substituents is 1. The highest BCUT2D eigenvalue weighted by molar-refractivity contribution is 7.20. The zero-order valence-electron chi connectivity index (χ0n) is 31.8. The molecule has 0 amide bonds. The number of aromatic nitrogens is 1. The van der Waals surface area contributed by atoms with Crippen LogP contribution < -0.4 is 26.4 Å². The Morgan fingerprint density at radius 3 is 1.06 bits per heavy atom. The standard InChI is InChI=1S/C24BF20.C17H13N2O3/c26-5-1(6(27)14(35)21(42)13(5)34)25(2-7(28)15(36)22(43)16(37)8(2)29,3-9(30)17(38)23(44)18(39)10(3)31)4-11(32)19(40)24(45)20(41)12(4)33;20-17(14-5-2-1-3-6-14)12-18-10-9-13-7-4-8-16(19(21)22)15(13)11-18/h;1-11H,12H2/q-1;+1. The fourth-order valence-electron chi connectivity index (χ4n) is 7.25. The van der Waals surface area contributed by atoms with E-state index in [4.69, 9.17) is 0 Å². The first-order chi connectivity index (χ1) is 31.3. The number of nitro groups is 1. The van der Waals surface area contributed by atoms with Gasteiger partial charge in [-0.05, 0) is 0 Å². The van der Waals surface area contributed by atoms with Gasteiger partial charge in [0.15, 0.2) is 82.2 Å². The van der Waals surface area contributed by atoms with Crippen molar-refractivity contribution >= 4 is 50.2 Å². The van der Waals surface area contributed by atoms with E-state index in [1.807, 2.05) is 24.3 Å². The highest BCUT2D eigenvalue weighted by Crippen LogP contribution is 2.31. The van der Waals surface area contributed by atoms with E-state index in [1.165, 1.54) is 6.07 Å². The summed E-state index contributed by atoms with van der Waals surface area (Å²) in [5.74, 6) is -71.4. The van der Waals surface area contributed by atoms with Crippen molar-refractivity contribution in [1.82, 2.24) is 0 Å². The maximum Gasteiger partial charge on any atom is 0.283 e. The summed E-state index contributed by atoms with van der Waals surface area (Å²) in [7, 11) is 0. The second kappa shape index (κ2) is 18.0. The first kappa shape index (κ1) is 48.9. The zero-order chi connectivity index (χ0) is 49.9. The van der Waals surface area contributed by atoms with Crippen molar-refractivity contribution in [2.45, 2.75) is 6.54 Å². The van der Waals surface area contributed by atoms with Crippen LogP contribution >= 0.6 is 0 Å². The summed E-state index contributed by atoms with van der Waals surface area (Å²) in [5.41, 5.74) is -13.7. The fraction of sp³-hybridized carbons (Fsp3) is 0.0244. The normalized spacial score (nSPS) is 11.5. The number of halogens is 20. The molecule has 0 aliphatic heterocycles. The number of nitrogens with zero attached hydrogens (tertiary/aromatic N) is 2. The number of Topliss-reactive ketones (excluding diaryl/α,β-unsaturated/α-hetero) is 1. The Hall–Kier alpha value is -7.54. The first-order valence-corrected chi connectivity index (χ1v) is 17.7. The maximum absolute atomic E-state index is 15.4. The van der Waals surface area contributed by atoms with Crippen LogP contribution in [0.25, 0.3) is 10.8 Å². The Morgan fingerprint density at radius 2 is 0.746 bits per heavy atom. The van der Waals surface area contributed by atoms with Gasteiger partial charge in [0.25, 0.3) is 5.69 Å². The van der Waals surface area contributed by atoms with E-state index in [9.17, 15) is 67.6 Å². The van der Waals surface area contributed by atoms with E-state index in [-0.39, 0.29) is 18.0 Å². The summed E-state index contributed by atoms with van der Waals surface area (Å²) < 4.78 is 296. The summed E-state index contributed by atoms with van der Waals surface area (Å²) in [6.07, 6.45) is -3.81. The van der Waals surface area contributed by atoms with E-state index in [1.54, 1.807) is 41.2 Å². The molecular formula is C41H13BF20N2O3. The number of hydrogen-bond acceptors (Lipinski definition) is 3. The van der Waals surface area contributed by atoms with Crippen molar-refractivity contribution < 1.29 is 102 Å². The number of pyridine rings is 1. The Kier molecular flexibility index (Phi) is 13.2. The van der Waals surface area contributed by atoms with E-state index in [2.05, 4.69) is 0 Å². The van der Waals surface area contributed by atoms with Crippen molar-refractivity contribution in [3.05, 3.63) is 199 Å². The average Bonchev–Trinajstić information content (AvgIpc) is 3.31. The van der Waals surface area contributed by atoms with Gasteiger partial charge < -0.3 is 0 Å². The molecule has 1 heterocycles. The molecule has 6 aromatic carbocycles. The topological polar surface area (TPSA) is 64.1 Å². The summed E-state index contributed by atoms with van der Waals surface area (Å²) in [4.78, 5) is 22.9. The predicted molar refractivity (Wildman–Crippen MR) is 191 cm³/mol. The fourth-order valence-corrected chi connectivity index (χ4v) is 7.25. The van der Waals surface area contributed by atoms with Crippen LogP contribution in [0, 0.1) is 126 Å². The van der Waals surface area contributed by atoms with Gasteiger partial charge in [-0.25, -0.2) is 87.8 Å². The lowest BCUT2D eigenvalue weighted by Gasteiger charge is -2.44. The van der Waals surface area contributed by atoms with Gasteiger partial charge in [0.1, 0.15) is 58.1 Å². The van der Waals surface area contributed by atoms with Gasteiger partial charge in [-0.3, -0.25) is 14.9 Å². The molecule has 7 rings (SSSR count). The van der Waals surface area contributed by atoms with Crippen LogP contribution in [-0.4, -0.2) is 16.9 Å². The highest BCUT2D eigenvalue weighted by Gasteiger charge is 2.52. The van der Waals surface area contributed by atoms with Gasteiger partial charge in [0, 0.05) is 23.1 Å². The van der Waals surface area contributed by atoms with E-state index in [0.29, 0.717) is 10.9 Å². The molecule has 0 N–H and O–H groups in total. The quantitative estimate of drug-likeness (QED) is 0.0224. The van der Waals surface area contributed by atoms with Crippen molar-refractivity contribution in [1.29, 1.82) is 0 Å². The lowest BCUT2D eigenvalue weighted by molar-refractivity contribution is -0.681. The molecule has 67 heavy (non-hydrogen) atoms. The molecule has 0 bridgehead atoms. The second-order valence-electron chi connectivity index (χ2n) is 13.7. The van der Waals surface area contributed by atoms with E-state index in [0.717, 1.165) is 5.39 Å². The minimum absolute atomic E-state index is 0.0384. The van der Waals surface area contributed by atoms with Crippen molar-refractivity contribution in [2.24, 2.45) is 0 Å². The van der Waals surface area contributed by atoms with Gasteiger partial charge in [0.05, 0.1) is 4.92 Å². The van der Waals surface area contributed by atoms with Gasteiger partial charge in [-0.1, -0.05) is 42.5 Å². The number of hydrogen-bond donors (Lipinski definition) is 0. The van der Waals surface area contributed by atoms with E-state index < -0.39 is 149 Å². The number of carbonyl (C=O) groups is 1. The summed E-state index contributed by atoms with van der Waals surface area (Å²) in [6.45, 7) is 0.145. The molecule has 0 unspecified atom stereocenters. The smallest absolute Gasteiger partial charge is 0.283 e. The molecule has 7 aromatic rings. The Bertz CT molecular complexity index is 2850. The lowest BCUT2D eigenvalue weighted by atomic mass is 9.12. The van der Waals surface area contributed by atoms with Gasteiger partial charge >= 0.3 is 0 Å². The van der Waals surface area contributed by atoms with Gasteiger partial charge in [-0.15, -0.1) is 21.9 Å². The molecule has 0 aliphatic carbocycles. The number of rotatable bonds is 8. The Morgan fingerprint density at radius 1 is 0.433 bits per heavy atom. The SMILES string of the molecule is Fc1c(F)c(F)c([B-](c2c(F)c(F)c(F)c(F)c2F)(c2c(F)c(F)c(F)c(F)c2F)c2c(F)c(F)c(F)c(F)c2F)c(F)c1F.O=C(C[n+]1ccc2cccc([N+](=O)[O-])c2c1)c1ccccc1. The number of ketones is 1. The van der Waals surface area contributed by atoms with Crippen molar-refractivity contribution in [3.8, 4) is 0 Å². The lowest BCUT2D eigenvalue weighted by Crippen LogP contribution is -2.81. The molecule has 0 aliphatic rings. The molecule has 348 valence electrons. The van der Waals surface area contributed by atoms with Crippen LogP contribution in [0.4, 0.5) is 93.5 Å². The third-order valence-corrected chi connectivity index (χ3v) is 10.2. The largest absolute Gasteiger partial charge is 0.287 e. The molecule has 0 fully saturated rings. The van der Waals surface area contributed by atoms with Crippen LogP contribution in [0.2, 0.25) is 0 Å². The maximum atomic E-state index is 15.4. The van der Waals surface area contributed by atoms with Gasteiger partial charge in [-0.2, -0.15) is 4.57 Å². The average molecular weight is 972 g/mol. The van der Waals surface area contributed by atoms with Crippen molar-refractivity contribution in [2.75, 3.05) is 0 Å². The van der Waals surface area contributed by atoms with Gasteiger partial charge in [0.2, 0.25) is 12.3 Å². The highest BCUT2D eigenvalue weighted by atomic mass is 19.2. The Balaban J connectivity index is 0.000000279. The number of non-ortho nitro benzene ring substituents is 1. The van der Waals surface area contributed by atoms with E-state index >= 15 is 35.1 Å². The Labute approximate surface area is 357 Å². The molecule has 0 radical (unpaired) electrons. The molecule has 5 nitrogen and oxygen atoms in total. The summed E-state index contributed by atoms with van der Waals surface area (Å²) >= 11 is 0. The van der Waals surface area contributed by atoms with Crippen molar-refractivity contribution in [3.63, 3.8) is 0 Å². The van der Waals surface area contributed by atoms with Crippen LogP contribution in [-0.2, 0) is 6.54 Å². The minimum atomic E-state index is -7.22.